The van der Waals surface area contributed by atoms with E-state index in [1.807, 2.05) is 20.0 Å². The molecule has 0 bridgehead atoms. The lowest BCUT2D eigenvalue weighted by atomic mass is 9.82. The summed E-state index contributed by atoms with van der Waals surface area (Å²) in [5.41, 5.74) is 1.74. The van der Waals surface area contributed by atoms with Crippen molar-refractivity contribution in [1.29, 1.82) is 0 Å². The van der Waals surface area contributed by atoms with Crippen molar-refractivity contribution >= 4 is 11.5 Å². The highest BCUT2D eigenvalue weighted by atomic mass is 16.6. The fourth-order valence-corrected chi connectivity index (χ4v) is 3.05. The molecule has 7 heteroatoms. The van der Waals surface area contributed by atoms with E-state index in [1.165, 1.54) is 12.1 Å². The molecule has 1 N–H and O–H groups in total. The number of rotatable bonds is 6. The first-order valence-corrected chi connectivity index (χ1v) is 8.48. The minimum atomic E-state index is -0.417. The van der Waals surface area contributed by atoms with Gasteiger partial charge in [0.1, 0.15) is 5.82 Å². The largest absolute Gasteiger partial charge is 0.393 e. The Hall–Kier alpha value is -2.54. The average Bonchev–Trinajstić information content (AvgIpc) is 2.60. The average molecular weight is 342 g/mol. The van der Waals surface area contributed by atoms with Crippen molar-refractivity contribution in [3.8, 4) is 11.4 Å². The van der Waals surface area contributed by atoms with Gasteiger partial charge in [0.25, 0.3) is 5.69 Å². The standard InChI is InChI=1S/C18H22N4O3/c1-3-14-10-17(21(2)11-12-8-16(23)9-12)20-18(19-14)13-4-6-15(7-5-13)22(24)25/h4-7,10,12,16,23H,3,8-9,11H2,1-2H3. The van der Waals surface area contributed by atoms with Crippen LogP contribution in [0.1, 0.15) is 25.5 Å². The Bertz CT molecular complexity index is 757. The van der Waals surface area contributed by atoms with E-state index in [4.69, 9.17) is 0 Å². The molecule has 2 aromatic rings. The summed E-state index contributed by atoms with van der Waals surface area (Å²) >= 11 is 0. The Kier molecular flexibility index (Phi) is 4.94. The van der Waals surface area contributed by atoms with Crippen LogP contribution in [-0.2, 0) is 6.42 Å². The van der Waals surface area contributed by atoms with Crippen LogP contribution in [0, 0.1) is 16.0 Å². The number of hydrogen-bond acceptors (Lipinski definition) is 6. The lowest BCUT2D eigenvalue weighted by molar-refractivity contribution is -0.384. The highest BCUT2D eigenvalue weighted by Crippen LogP contribution is 2.29. The van der Waals surface area contributed by atoms with Gasteiger partial charge in [-0.2, -0.15) is 0 Å². The molecule has 1 aromatic carbocycles. The van der Waals surface area contributed by atoms with Gasteiger partial charge in [-0.15, -0.1) is 0 Å². The Morgan fingerprint density at radius 3 is 2.52 bits per heavy atom. The van der Waals surface area contributed by atoms with Crippen molar-refractivity contribution in [1.82, 2.24) is 9.97 Å². The van der Waals surface area contributed by atoms with E-state index in [0.29, 0.717) is 11.7 Å². The minimum Gasteiger partial charge on any atom is -0.393 e. The first-order valence-electron chi connectivity index (χ1n) is 8.48. The van der Waals surface area contributed by atoms with E-state index in [1.54, 1.807) is 12.1 Å². The number of aliphatic hydroxyl groups is 1. The van der Waals surface area contributed by atoms with Crippen molar-refractivity contribution in [3.05, 3.63) is 46.1 Å². The normalized spacial score (nSPS) is 19.3. The summed E-state index contributed by atoms with van der Waals surface area (Å²) in [4.78, 5) is 21.7. The van der Waals surface area contributed by atoms with Crippen molar-refractivity contribution in [2.75, 3.05) is 18.5 Å². The van der Waals surface area contributed by atoms with Gasteiger partial charge in [-0.25, -0.2) is 9.97 Å². The lowest BCUT2D eigenvalue weighted by Gasteiger charge is -2.34. The molecule has 132 valence electrons. The van der Waals surface area contributed by atoms with E-state index in [9.17, 15) is 15.2 Å². The maximum absolute atomic E-state index is 10.8. The third-order valence-corrected chi connectivity index (χ3v) is 4.60. The lowest BCUT2D eigenvalue weighted by Crippen LogP contribution is -2.37. The number of hydrogen-bond donors (Lipinski definition) is 1. The summed E-state index contributed by atoms with van der Waals surface area (Å²) in [7, 11) is 1.99. The summed E-state index contributed by atoms with van der Waals surface area (Å²) in [5.74, 6) is 1.90. The number of non-ortho nitro benzene ring substituents is 1. The Labute approximate surface area is 146 Å². The van der Waals surface area contributed by atoms with Crippen LogP contribution in [0.5, 0.6) is 0 Å². The maximum atomic E-state index is 10.8. The Morgan fingerprint density at radius 1 is 1.28 bits per heavy atom. The number of anilines is 1. The molecule has 1 aliphatic rings. The quantitative estimate of drug-likeness (QED) is 0.641. The monoisotopic (exact) mass is 342 g/mol. The molecule has 0 unspecified atom stereocenters. The van der Waals surface area contributed by atoms with Crippen LogP contribution in [0.25, 0.3) is 11.4 Å². The molecular weight excluding hydrogens is 320 g/mol. The highest BCUT2D eigenvalue weighted by Gasteiger charge is 2.28. The Morgan fingerprint density at radius 2 is 1.96 bits per heavy atom. The zero-order chi connectivity index (χ0) is 18.0. The number of aryl methyl sites for hydroxylation is 1. The van der Waals surface area contributed by atoms with Crippen LogP contribution in [0.2, 0.25) is 0 Å². The first-order chi connectivity index (χ1) is 12.0. The fraction of sp³-hybridized carbons (Fsp3) is 0.444. The molecule has 0 saturated heterocycles. The molecule has 0 atom stereocenters. The molecule has 1 heterocycles. The van der Waals surface area contributed by atoms with Gasteiger partial charge in [-0.3, -0.25) is 10.1 Å². The third-order valence-electron chi connectivity index (χ3n) is 4.60. The van der Waals surface area contributed by atoms with Gasteiger partial charge in [-0.1, -0.05) is 6.92 Å². The van der Waals surface area contributed by atoms with Crippen molar-refractivity contribution < 1.29 is 10.0 Å². The van der Waals surface area contributed by atoms with Gasteiger partial charge >= 0.3 is 0 Å². The molecule has 0 spiro atoms. The van der Waals surface area contributed by atoms with Crippen molar-refractivity contribution in [2.45, 2.75) is 32.3 Å². The van der Waals surface area contributed by atoms with Gasteiger partial charge < -0.3 is 10.0 Å². The molecule has 0 aliphatic heterocycles. The fourth-order valence-electron chi connectivity index (χ4n) is 3.05. The van der Waals surface area contributed by atoms with Crippen LogP contribution in [0.3, 0.4) is 0 Å². The van der Waals surface area contributed by atoms with Crippen molar-refractivity contribution in [2.24, 2.45) is 5.92 Å². The number of nitro benzene ring substituents is 1. The molecule has 3 rings (SSSR count). The third kappa shape index (κ3) is 3.93. The zero-order valence-corrected chi connectivity index (χ0v) is 14.4. The molecule has 25 heavy (non-hydrogen) atoms. The number of aromatic nitrogens is 2. The molecule has 1 aliphatic carbocycles. The predicted molar refractivity (Wildman–Crippen MR) is 95.5 cm³/mol. The van der Waals surface area contributed by atoms with Gasteiger partial charge in [0.05, 0.1) is 11.0 Å². The van der Waals surface area contributed by atoms with Crippen LogP contribution >= 0.6 is 0 Å². The summed E-state index contributed by atoms with van der Waals surface area (Å²) < 4.78 is 0. The van der Waals surface area contributed by atoms with Crippen LogP contribution in [-0.4, -0.2) is 39.7 Å². The second kappa shape index (κ2) is 7.14. The highest BCUT2D eigenvalue weighted by molar-refractivity contribution is 5.59. The minimum absolute atomic E-state index is 0.0521. The molecule has 7 nitrogen and oxygen atoms in total. The first kappa shape index (κ1) is 17.3. The van der Waals surface area contributed by atoms with Gasteiger partial charge in [-0.05, 0) is 37.3 Å². The number of nitro groups is 1. The van der Waals surface area contributed by atoms with E-state index in [0.717, 1.165) is 42.9 Å². The topological polar surface area (TPSA) is 92.4 Å². The van der Waals surface area contributed by atoms with E-state index in [-0.39, 0.29) is 11.8 Å². The van der Waals surface area contributed by atoms with Gasteiger partial charge in [0, 0.05) is 43.0 Å². The molecule has 0 amide bonds. The molecular formula is C18H22N4O3. The zero-order valence-electron chi connectivity index (χ0n) is 14.4. The summed E-state index contributed by atoms with van der Waals surface area (Å²) in [6, 6.07) is 8.27. The van der Waals surface area contributed by atoms with Crippen LogP contribution < -0.4 is 4.90 Å². The molecule has 1 fully saturated rings. The van der Waals surface area contributed by atoms with Gasteiger partial charge in [0.15, 0.2) is 5.82 Å². The van der Waals surface area contributed by atoms with Gasteiger partial charge in [0.2, 0.25) is 0 Å². The van der Waals surface area contributed by atoms with E-state index >= 15 is 0 Å². The summed E-state index contributed by atoms with van der Waals surface area (Å²) in [6.07, 6.45) is 2.30. The number of benzene rings is 1. The Balaban J connectivity index is 1.85. The van der Waals surface area contributed by atoms with Crippen LogP contribution in [0.4, 0.5) is 11.5 Å². The van der Waals surface area contributed by atoms with Crippen molar-refractivity contribution in [3.63, 3.8) is 0 Å². The van der Waals surface area contributed by atoms with Crippen LogP contribution in [0.15, 0.2) is 30.3 Å². The smallest absolute Gasteiger partial charge is 0.269 e. The summed E-state index contributed by atoms with van der Waals surface area (Å²) in [6.45, 7) is 2.88. The number of aliphatic hydroxyl groups excluding tert-OH is 1. The second-order valence-electron chi connectivity index (χ2n) is 6.57. The number of nitrogens with zero attached hydrogens (tertiary/aromatic N) is 4. The molecule has 0 radical (unpaired) electrons. The second-order valence-corrected chi connectivity index (χ2v) is 6.57. The maximum Gasteiger partial charge on any atom is 0.269 e. The molecule has 1 saturated carbocycles. The molecule has 1 aromatic heterocycles. The van der Waals surface area contributed by atoms with E-state index in [2.05, 4.69) is 14.9 Å². The summed E-state index contributed by atoms with van der Waals surface area (Å²) in [5, 5.41) is 20.2. The van der Waals surface area contributed by atoms with E-state index < -0.39 is 4.92 Å². The predicted octanol–water partition coefficient (Wildman–Crippen LogP) is 2.82. The SMILES string of the molecule is CCc1cc(N(C)CC2CC(O)C2)nc(-c2ccc([N+](=O)[O-])cc2)n1.